The summed E-state index contributed by atoms with van der Waals surface area (Å²) in [6, 6.07) is 21.3. The number of phenols is 1. The van der Waals surface area contributed by atoms with Crippen LogP contribution in [0.15, 0.2) is 71.1 Å². The van der Waals surface area contributed by atoms with Gasteiger partial charge >= 0.3 is 0 Å². The summed E-state index contributed by atoms with van der Waals surface area (Å²) in [6.45, 7) is 0. The van der Waals surface area contributed by atoms with Crippen molar-refractivity contribution in [2.45, 2.75) is 0 Å². The van der Waals surface area contributed by atoms with E-state index in [0.29, 0.717) is 0 Å². The molecule has 0 unspecified atom stereocenters. The molecule has 0 radical (unpaired) electrons. The van der Waals surface area contributed by atoms with Gasteiger partial charge in [0.25, 0.3) is 0 Å². The van der Waals surface area contributed by atoms with Gasteiger partial charge in [-0.2, -0.15) is 0 Å². The first-order chi connectivity index (χ1) is 9.83. The van der Waals surface area contributed by atoms with Crippen LogP contribution >= 0.6 is 0 Å². The molecule has 3 aromatic carbocycles. The van der Waals surface area contributed by atoms with Crippen LogP contribution in [-0.4, -0.2) is 5.11 Å². The van der Waals surface area contributed by atoms with Gasteiger partial charge in [0, 0.05) is 16.3 Å². The van der Waals surface area contributed by atoms with Crippen molar-refractivity contribution in [3.8, 4) is 16.9 Å². The SMILES string of the molecule is Oc1cccc(-c2cccc3c2oc2ccccc23)c1. The summed E-state index contributed by atoms with van der Waals surface area (Å²) in [5.74, 6) is 0.260. The van der Waals surface area contributed by atoms with Crippen molar-refractivity contribution < 1.29 is 9.52 Å². The molecule has 20 heavy (non-hydrogen) atoms. The zero-order valence-electron chi connectivity index (χ0n) is 10.7. The molecule has 4 rings (SSSR count). The first-order valence-corrected chi connectivity index (χ1v) is 6.52. The summed E-state index contributed by atoms with van der Waals surface area (Å²) >= 11 is 0. The molecule has 0 spiro atoms. The number of fused-ring (bicyclic) bond motifs is 3. The van der Waals surface area contributed by atoms with Crippen molar-refractivity contribution in [2.24, 2.45) is 0 Å². The Kier molecular flexibility index (Phi) is 2.30. The van der Waals surface area contributed by atoms with E-state index >= 15 is 0 Å². The van der Waals surface area contributed by atoms with Crippen LogP contribution in [0, 0.1) is 0 Å². The Bertz CT molecular complexity index is 919. The summed E-state index contributed by atoms with van der Waals surface area (Å²) in [7, 11) is 0. The van der Waals surface area contributed by atoms with E-state index < -0.39 is 0 Å². The van der Waals surface area contributed by atoms with E-state index in [9.17, 15) is 5.11 Å². The van der Waals surface area contributed by atoms with E-state index in [0.717, 1.165) is 33.1 Å². The van der Waals surface area contributed by atoms with Crippen LogP contribution in [0.25, 0.3) is 33.1 Å². The number of rotatable bonds is 1. The van der Waals surface area contributed by atoms with E-state index in [4.69, 9.17) is 4.42 Å². The number of benzene rings is 3. The molecule has 0 aliphatic heterocycles. The molecule has 0 aliphatic carbocycles. The molecule has 2 heteroatoms. The minimum absolute atomic E-state index is 0.260. The van der Waals surface area contributed by atoms with Crippen LogP contribution in [0.2, 0.25) is 0 Å². The second-order valence-corrected chi connectivity index (χ2v) is 4.83. The van der Waals surface area contributed by atoms with Crippen LogP contribution < -0.4 is 0 Å². The first-order valence-electron chi connectivity index (χ1n) is 6.52. The maximum Gasteiger partial charge on any atom is 0.143 e. The number of hydrogen-bond acceptors (Lipinski definition) is 2. The molecular weight excluding hydrogens is 248 g/mol. The molecule has 1 N–H and O–H groups in total. The Labute approximate surface area is 115 Å². The molecule has 0 amide bonds. The summed E-state index contributed by atoms with van der Waals surface area (Å²) in [4.78, 5) is 0. The Balaban J connectivity index is 2.10. The molecule has 96 valence electrons. The van der Waals surface area contributed by atoms with Gasteiger partial charge in [-0.3, -0.25) is 0 Å². The Morgan fingerprint density at radius 1 is 0.750 bits per heavy atom. The predicted molar refractivity (Wildman–Crippen MR) is 80.8 cm³/mol. The molecule has 4 aromatic rings. The number of furan rings is 1. The van der Waals surface area contributed by atoms with Gasteiger partial charge < -0.3 is 9.52 Å². The maximum atomic E-state index is 9.66. The lowest BCUT2D eigenvalue weighted by Crippen LogP contribution is -1.78. The third-order valence-electron chi connectivity index (χ3n) is 3.56. The smallest absolute Gasteiger partial charge is 0.143 e. The highest BCUT2D eigenvalue weighted by atomic mass is 16.3. The normalized spacial score (nSPS) is 11.2. The van der Waals surface area contributed by atoms with Crippen LogP contribution in [0.3, 0.4) is 0 Å². The molecule has 0 aliphatic rings. The lowest BCUT2D eigenvalue weighted by atomic mass is 10.0. The zero-order chi connectivity index (χ0) is 13.5. The molecular formula is C18H12O2. The van der Waals surface area contributed by atoms with Gasteiger partial charge in [-0.05, 0) is 23.8 Å². The van der Waals surface area contributed by atoms with Crippen molar-refractivity contribution >= 4 is 21.9 Å². The molecule has 1 aromatic heterocycles. The number of para-hydroxylation sites is 2. The predicted octanol–water partition coefficient (Wildman–Crippen LogP) is 4.96. The van der Waals surface area contributed by atoms with Crippen LogP contribution in [-0.2, 0) is 0 Å². The van der Waals surface area contributed by atoms with Crippen LogP contribution in [0.5, 0.6) is 5.75 Å². The third kappa shape index (κ3) is 1.58. The van der Waals surface area contributed by atoms with Crippen molar-refractivity contribution in [3.05, 3.63) is 66.7 Å². The Morgan fingerprint density at radius 3 is 2.45 bits per heavy atom. The monoisotopic (exact) mass is 260 g/mol. The third-order valence-corrected chi connectivity index (χ3v) is 3.56. The van der Waals surface area contributed by atoms with Crippen molar-refractivity contribution in [1.29, 1.82) is 0 Å². The molecule has 0 saturated carbocycles. The summed E-state index contributed by atoms with van der Waals surface area (Å²) < 4.78 is 6.00. The lowest BCUT2D eigenvalue weighted by molar-refractivity contribution is 0.475. The highest BCUT2D eigenvalue weighted by molar-refractivity contribution is 6.09. The minimum atomic E-state index is 0.260. The lowest BCUT2D eigenvalue weighted by Gasteiger charge is -2.03. The molecule has 0 atom stereocenters. The van der Waals surface area contributed by atoms with Crippen LogP contribution in [0.4, 0.5) is 0 Å². The Hall–Kier alpha value is -2.74. The summed E-state index contributed by atoms with van der Waals surface area (Å²) in [5, 5.41) is 11.9. The zero-order valence-corrected chi connectivity index (χ0v) is 10.7. The Morgan fingerprint density at radius 2 is 1.55 bits per heavy atom. The standard InChI is InChI=1S/C18H12O2/c19-13-6-3-5-12(11-13)14-8-4-9-16-15-7-1-2-10-17(15)20-18(14)16/h1-11,19H. The largest absolute Gasteiger partial charge is 0.508 e. The second-order valence-electron chi connectivity index (χ2n) is 4.83. The van der Waals surface area contributed by atoms with Crippen molar-refractivity contribution in [2.75, 3.05) is 0 Å². The molecule has 0 fully saturated rings. The fourth-order valence-electron chi connectivity index (χ4n) is 2.65. The second kappa shape index (κ2) is 4.14. The fraction of sp³-hybridized carbons (Fsp3) is 0. The van der Waals surface area contributed by atoms with Crippen LogP contribution in [0.1, 0.15) is 0 Å². The average Bonchev–Trinajstić information content (AvgIpc) is 2.86. The van der Waals surface area contributed by atoms with Crippen molar-refractivity contribution in [3.63, 3.8) is 0 Å². The van der Waals surface area contributed by atoms with E-state index in [1.54, 1.807) is 12.1 Å². The fourth-order valence-corrected chi connectivity index (χ4v) is 2.65. The van der Waals surface area contributed by atoms with E-state index in [2.05, 4.69) is 12.1 Å². The summed E-state index contributed by atoms with van der Waals surface area (Å²) in [6.07, 6.45) is 0. The molecule has 2 nitrogen and oxygen atoms in total. The first kappa shape index (κ1) is 11.1. The van der Waals surface area contributed by atoms with Gasteiger partial charge in [0.15, 0.2) is 0 Å². The number of hydrogen-bond donors (Lipinski definition) is 1. The topological polar surface area (TPSA) is 33.4 Å². The molecule has 0 saturated heterocycles. The van der Waals surface area contributed by atoms with E-state index in [-0.39, 0.29) is 5.75 Å². The van der Waals surface area contributed by atoms with Gasteiger partial charge in [-0.15, -0.1) is 0 Å². The molecule has 1 heterocycles. The van der Waals surface area contributed by atoms with Crippen molar-refractivity contribution in [1.82, 2.24) is 0 Å². The van der Waals surface area contributed by atoms with Gasteiger partial charge in [-0.1, -0.05) is 48.5 Å². The van der Waals surface area contributed by atoms with E-state index in [1.807, 2.05) is 42.5 Å². The average molecular weight is 260 g/mol. The van der Waals surface area contributed by atoms with Gasteiger partial charge in [-0.25, -0.2) is 0 Å². The van der Waals surface area contributed by atoms with Gasteiger partial charge in [0.2, 0.25) is 0 Å². The minimum Gasteiger partial charge on any atom is -0.508 e. The quantitative estimate of drug-likeness (QED) is 0.525. The highest BCUT2D eigenvalue weighted by Crippen LogP contribution is 2.36. The molecule has 0 bridgehead atoms. The number of aromatic hydroxyl groups is 1. The van der Waals surface area contributed by atoms with E-state index in [1.165, 1.54) is 0 Å². The van der Waals surface area contributed by atoms with Gasteiger partial charge in [0.1, 0.15) is 16.9 Å². The maximum absolute atomic E-state index is 9.66. The van der Waals surface area contributed by atoms with Gasteiger partial charge in [0.05, 0.1) is 0 Å². The summed E-state index contributed by atoms with van der Waals surface area (Å²) in [5.41, 5.74) is 3.69. The number of phenolic OH excluding ortho intramolecular Hbond substituents is 1. The highest BCUT2D eigenvalue weighted by Gasteiger charge is 2.11.